The van der Waals surface area contributed by atoms with Crippen molar-refractivity contribution in [1.82, 2.24) is 9.97 Å². The molecule has 0 aliphatic rings. The molecule has 0 unspecified atom stereocenters. The van der Waals surface area contributed by atoms with Crippen molar-refractivity contribution >= 4 is 27.8 Å². The zero-order valence-corrected chi connectivity index (χ0v) is 16.5. The van der Waals surface area contributed by atoms with Crippen LogP contribution in [0.15, 0.2) is 73.1 Å². The van der Waals surface area contributed by atoms with Crippen LogP contribution in [0.3, 0.4) is 0 Å². The van der Waals surface area contributed by atoms with Crippen molar-refractivity contribution in [3.8, 4) is 28.0 Å². The topological polar surface area (TPSA) is 75.2 Å². The zero-order chi connectivity index (χ0) is 21.5. The normalized spacial score (nSPS) is 11.2. The van der Waals surface area contributed by atoms with Crippen molar-refractivity contribution in [3.63, 3.8) is 0 Å². The van der Waals surface area contributed by atoms with E-state index in [9.17, 15) is 9.18 Å². The molecule has 152 valence electrons. The smallest absolute Gasteiger partial charge is 0.338 e. The van der Waals surface area contributed by atoms with Crippen LogP contribution < -0.4 is 4.74 Å². The first-order chi connectivity index (χ1) is 15.0. The summed E-state index contributed by atoms with van der Waals surface area (Å²) in [5.41, 5.74) is 3.59. The van der Waals surface area contributed by atoms with Gasteiger partial charge in [-0.05, 0) is 58.3 Å². The van der Waals surface area contributed by atoms with E-state index < -0.39 is 11.8 Å². The third kappa shape index (κ3) is 3.28. The van der Waals surface area contributed by atoms with Gasteiger partial charge >= 0.3 is 5.97 Å². The van der Waals surface area contributed by atoms with Crippen molar-refractivity contribution in [3.05, 3.63) is 84.4 Å². The Balaban J connectivity index is 1.60. The Morgan fingerprint density at radius 2 is 1.74 bits per heavy atom. The number of ether oxygens (including phenoxy) is 1. The molecule has 2 N–H and O–H groups in total. The standard InChI is InChI=1S/C25H17FN2O3/c1-31-19-6-4-14-8-15(2-3-16(14)9-19)18-10-21-22(13-28-24(21)27-12-18)17-5-7-20(25(29)30)23(26)11-17/h2-13H,1H3,(H,27,28)(H,29,30). The minimum absolute atomic E-state index is 0.352. The van der Waals surface area contributed by atoms with Gasteiger partial charge in [0.1, 0.15) is 17.2 Å². The van der Waals surface area contributed by atoms with Crippen LogP contribution in [0.1, 0.15) is 10.4 Å². The molecule has 0 radical (unpaired) electrons. The maximum absolute atomic E-state index is 14.2. The Morgan fingerprint density at radius 3 is 2.52 bits per heavy atom. The van der Waals surface area contributed by atoms with Gasteiger partial charge in [0.25, 0.3) is 0 Å². The molecule has 0 amide bonds. The van der Waals surface area contributed by atoms with E-state index in [4.69, 9.17) is 9.84 Å². The van der Waals surface area contributed by atoms with Gasteiger partial charge in [0, 0.05) is 28.9 Å². The number of nitrogens with one attached hydrogen (secondary N) is 1. The van der Waals surface area contributed by atoms with E-state index in [-0.39, 0.29) is 5.56 Å². The number of hydrogen-bond donors (Lipinski definition) is 2. The highest BCUT2D eigenvalue weighted by Gasteiger charge is 2.14. The summed E-state index contributed by atoms with van der Waals surface area (Å²) < 4.78 is 19.5. The lowest BCUT2D eigenvalue weighted by atomic mass is 9.99. The van der Waals surface area contributed by atoms with Crippen molar-refractivity contribution in [1.29, 1.82) is 0 Å². The predicted octanol–water partition coefficient (Wildman–Crippen LogP) is 5.90. The van der Waals surface area contributed by atoms with Gasteiger partial charge in [-0.25, -0.2) is 14.2 Å². The number of aromatic carboxylic acids is 1. The van der Waals surface area contributed by atoms with Crippen LogP contribution in [-0.4, -0.2) is 28.2 Å². The summed E-state index contributed by atoms with van der Waals surface area (Å²) in [5.74, 6) is -1.25. The largest absolute Gasteiger partial charge is 0.497 e. The van der Waals surface area contributed by atoms with Gasteiger partial charge in [-0.1, -0.05) is 24.3 Å². The highest BCUT2D eigenvalue weighted by atomic mass is 19.1. The minimum atomic E-state index is -1.29. The number of nitrogens with zero attached hydrogens (tertiary/aromatic N) is 1. The molecule has 2 aromatic heterocycles. The summed E-state index contributed by atoms with van der Waals surface area (Å²) >= 11 is 0. The number of fused-ring (bicyclic) bond motifs is 2. The molecular weight excluding hydrogens is 395 g/mol. The number of rotatable bonds is 4. The number of aromatic amines is 1. The molecule has 31 heavy (non-hydrogen) atoms. The predicted molar refractivity (Wildman–Crippen MR) is 118 cm³/mol. The highest BCUT2D eigenvalue weighted by molar-refractivity contribution is 5.97. The van der Waals surface area contributed by atoms with E-state index in [0.29, 0.717) is 11.2 Å². The third-order valence-corrected chi connectivity index (χ3v) is 5.42. The highest BCUT2D eigenvalue weighted by Crippen LogP contribution is 2.33. The summed E-state index contributed by atoms with van der Waals surface area (Å²) in [6, 6.07) is 18.2. The fourth-order valence-corrected chi connectivity index (χ4v) is 3.79. The number of aromatic nitrogens is 2. The maximum atomic E-state index is 14.2. The van der Waals surface area contributed by atoms with Gasteiger partial charge in [-0.2, -0.15) is 0 Å². The molecular formula is C25H17FN2O3. The fourth-order valence-electron chi connectivity index (χ4n) is 3.79. The van der Waals surface area contributed by atoms with Crippen LogP contribution in [-0.2, 0) is 0 Å². The van der Waals surface area contributed by atoms with Gasteiger partial charge in [-0.3, -0.25) is 0 Å². The molecule has 0 saturated carbocycles. The molecule has 0 saturated heterocycles. The van der Waals surface area contributed by atoms with Gasteiger partial charge in [0.05, 0.1) is 12.7 Å². The Labute approximate surface area is 176 Å². The monoisotopic (exact) mass is 412 g/mol. The third-order valence-electron chi connectivity index (χ3n) is 5.42. The molecule has 5 nitrogen and oxygen atoms in total. The van der Waals surface area contributed by atoms with E-state index >= 15 is 0 Å². The second kappa shape index (κ2) is 7.25. The Hall–Kier alpha value is -4.19. The molecule has 0 atom stereocenters. The molecule has 0 aliphatic heterocycles. The number of carboxylic acid groups (broad SMARTS) is 1. The van der Waals surface area contributed by atoms with E-state index in [1.54, 1.807) is 25.6 Å². The quantitative estimate of drug-likeness (QED) is 0.386. The Kier molecular flexibility index (Phi) is 4.40. The van der Waals surface area contributed by atoms with Crippen molar-refractivity contribution in [2.75, 3.05) is 7.11 Å². The molecule has 3 aromatic carbocycles. The number of carbonyl (C=O) groups is 1. The lowest BCUT2D eigenvalue weighted by Gasteiger charge is -2.07. The average Bonchev–Trinajstić information content (AvgIpc) is 3.21. The number of carboxylic acids is 1. The SMILES string of the molecule is COc1ccc2cc(-c3cnc4[nH]cc(-c5ccc(C(=O)O)c(F)c5)c4c3)ccc2c1. The van der Waals surface area contributed by atoms with E-state index in [1.165, 1.54) is 12.1 Å². The number of pyridine rings is 1. The van der Waals surface area contributed by atoms with E-state index in [1.807, 2.05) is 36.4 Å². The van der Waals surface area contributed by atoms with E-state index in [2.05, 4.69) is 16.0 Å². The Bertz CT molecular complexity index is 1470. The average molecular weight is 412 g/mol. The summed E-state index contributed by atoms with van der Waals surface area (Å²) in [5, 5.41) is 12.1. The Morgan fingerprint density at radius 1 is 0.968 bits per heavy atom. The molecule has 0 bridgehead atoms. The first-order valence-electron chi connectivity index (χ1n) is 9.62. The summed E-state index contributed by atoms with van der Waals surface area (Å²) in [6.45, 7) is 0. The van der Waals surface area contributed by atoms with Crippen LogP contribution >= 0.6 is 0 Å². The van der Waals surface area contributed by atoms with Crippen LogP contribution in [0.5, 0.6) is 5.75 Å². The van der Waals surface area contributed by atoms with Crippen LogP contribution in [0.2, 0.25) is 0 Å². The number of H-pyrrole nitrogens is 1. The summed E-state index contributed by atoms with van der Waals surface area (Å²) in [7, 11) is 1.64. The second-order valence-electron chi connectivity index (χ2n) is 7.25. The molecule has 0 spiro atoms. The number of halogens is 1. The first-order valence-corrected chi connectivity index (χ1v) is 9.62. The van der Waals surface area contributed by atoms with Crippen molar-refractivity contribution in [2.24, 2.45) is 0 Å². The van der Waals surface area contributed by atoms with Crippen LogP contribution in [0.25, 0.3) is 44.1 Å². The van der Waals surface area contributed by atoms with Crippen molar-refractivity contribution < 1.29 is 19.0 Å². The molecule has 6 heteroatoms. The van der Waals surface area contributed by atoms with Gasteiger partial charge in [0.15, 0.2) is 0 Å². The molecule has 5 aromatic rings. The van der Waals surface area contributed by atoms with Gasteiger partial charge in [0.2, 0.25) is 0 Å². The summed E-state index contributed by atoms with van der Waals surface area (Å²) in [6.07, 6.45) is 3.55. The van der Waals surface area contributed by atoms with Gasteiger partial charge < -0.3 is 14.8 Å². The molecule has 0 aliphatic carbocycles. The second-order valence-corrected chi connectivity index (χ2v) is 7.25. The fraction of sp³-hybridized carbons (Fsp3) is 0.0400. The van der Waals surface area contributed by atoms with Crippen molar-refractivity contribution in [2.45, 2.75) is 0 Å². The number of benzene rings is 3. The molecule has 2 heterocycles. The lowest BCUT2D eigenvalue weighted by molar-refractivity contribution is 0.0692. The van der Waals surface area contributed by atoms with Gasteiger partial charge in [-0.15, -0.1) is 0 Å². The van der Waals surface area contributed by atoms with Crippen LogP contribution in [0, 0.1) is 5.82 Å². The zero-order valence-electron chi connectivity index (χ0n) is 16.5. The molecule has 5 rings (SSSR count). The number of methoxy groups -OCH3 is 1. The minimum Gasteiger partial charge on any atom is -0.497 e. The molecule has 0 fully saturated rings. The summed E-state index contributed by atoms with van der Waals surface area (Å²) in [4.78, 5) is 18.7. The first kappa shape index (κ1) is 18.8. The number of hydrogen-bond acceptors (Lipinski definition) is 3. The van der Waals surface area contributed by atoms with Crippen LogP contribution in [0.4, 0.5) is 4.39 Å². The maximum Gasteiger partial charge on any atom is 0.338 e. The van der Waals surface area contributed by atoms with E-state index in [0.717, 1.165) is 38.6 Å². The lowest BCUT2D eigenvalue weighted by Crippen LogP contribution is -2.00.